The summed E-state index contributed by atoms with van der Waals surface area (Å²) in [6.07, 6.45) is -4.57. The lowest BCUT2D eigenvalue weighted by molar-refractivity contribution is -0.137. The van der Waals surface area contributed by atoms with Crippen molar-refractivity contribution in [3.8, 4) is 0 Å². The largest absolute Gasteiger partial charge is 0.416 e. The predicted molar refractivity (Wildman–Crippen MR) is 69.8 cm³/mol. The molecule has 0 bridgehead atoms. The van der Waals surface area contributed by atoms with Gasteiger partial charge in [0.05, 0.1) is 10.5 Å². The Hall–Kier alpha value is -1.12. The normalized spacial score (nSPS) is 14.2. The van der Waals surface area contributed by atoms with Crippen LogP contribution in [0.25, 0.3) is 0 Å². The van der Waals surface area contributed by atoms with E-state index in [0.29, 0.717) is 12.6 Å². The van der Waals surface area contributed by atoms with Gasteiger partial charge in [0.2, 0.25) is 10.0 Å². The second kappa shape index (κ2) is 6.55. The maximum Gasteiger partial charge on any atom is 0.416 e. The van der Waals surface area contributed by atoms with Gasteiger partial charge in [-0.05, 0) is 31.7 Å². The summed E-state index contributed by atoms with van der Waals surface area (Å²) in [5.74, 6) is 0. The fraction of sp³-hybridized carbons (Fsp3) is 0.500. The zero-order valence-corrected chi connectivity index (χ0v) is 12.0. The van der Waals surface area contributed by atoms with Crippen LogP contribution in [0.3, 0.4) is 0 Å². The number of likely N-dealkylation sites (N-methyl/N-ethyl adjacent to an activating group) is 1. The number of sulfonamides is 1. The Balaban J connectivity index is 2.88. The SMILES string of the molecule is CCN[C@H](C)CNS(=O)(=O)c1cccc(C(F)(F)F)c1. The van der Waals surface area contributed by atoms with E-state index in [0.717, 1.165) is 18.2 Å². The van der Waals surface area contributed by atoms with Gasteiger partial charge in [0.1, 0.15) is 0 Å². The van der Waals surface area contributed by atoms with Crippen molar-refractivity contribution in [3.63, 3.8) is 0 Å². The Morgan fingerprint density at radius 3 is 2.50 bits per heavy atom. The molecule has 0 saturated heterocycles. The molecule has 114 valence electrons. The van der Waals surface area contributed by atoms with Crippen LogP contribution in [0.5, 0.6) is 0 Å². The van der Waals surface area contributed by atoms with Crippen molar-refractivity contribution < 1.29 is 21.6 Å². The molecule has 0 spiro atoms. The van der Waals surface area contributed by atoms with Crippen molar-refractivity contribution in [3.05, 3.63) is 29.8 Å². The monoisotopic (exact) mass is 310 g/mol. The Morgan fingerprint density at radius 1 is 1.30 bits per heavy atom. The molecule has 0 saturated carbocycles. The number of halogens is 3. The molecule has 0 heterocycles. The first kappa shape index (κ1) is 16.9. The summed E-state index contributed by atoms with van der Waals surface area (Å²) in [5, 5.41) is 3.00. The fourth-order valence-electron chi connectivity index (χ4n) is 1.58. The molecule has 1 rings (SSSR count). The molecule has 4 nitrogen and oxygen atoms in total. The van der Waals surface area contributed by atoms with E-state index in [2.05, 4.69) is 10.0 Å². The lowest BCUT2D eigenvalue weighted by atomic mass is 10.2. The number of benzene rings is 1. The minimum atomic E-state index is -4.57. The van der Waals surface area contributed by atoms with Gasteiger partial charge in [0.25, 0.3) is 0 Å². The van der Waals surface area contributed by atoms with Crippen molar-refractivity contribution in [1.82, 2.24) is 10.0 Å². The van der Waals surface area contributed by atoms with E-state index in [1.54, 1.807) is 6.92 Å². The number of hydrogen-bond donors (Lipinski definition) is 2. The highest BCUT2D eigenvalue weighted by Gasteiger charge is 2.31. The van der Waals surface area contributed by atoms with E-state index >= 15 is 0 Å². The smallest absolute Gasteiger partial charge is 0.313 e. The molecule has 2 N–H and O–H groups in total. The topological polar surface area (TPSA) is 58.2 Å². The maximum absolute atomic E-state index is 12.5. The summed E-state index contributed by atoms with van der Waals surface area (Å²) in [5.41, 5.74) is -0.986. The Labute approximate surface area is 116 Å². The summed E-state index contributed by atoms with van der Waals surface area (Å²) < 4.78 is 63.7. The van der Waals surface area contributed by atoms with E-state index in [1.165, 1.54) is 0 Å². The third-order valence-electron chi connectivity index (χ3n) is 2.60. The lowest BCUT2D eigenvalue weighted by Gasteiger charge is -2.14. The summed E-state index contributed by atoms with van der Waals surface area (Å²) in [6, 6.07) is 3.56. The van der Waals surface area contributed by atoms with Gasteiger partial charge >= 0.3 is 6.18 Å². The van der Waals surface area contributed by atoms with Crippen LogP contribution in [0.4, 0.5) is 13.2 Å². The summed E-state index contributed by atoms with van der Waals surface area (Å²) in [7, 11) is -3.95. The maximum atomic E-state index is 12.5. The van der Waals surface area contributed by atoms with Crippen molar-refractivity contribution in [1.29, 1.82) is 0 Å². The molecule has 0 fully saturated rings. The molecule has 0 aliphatic rings. The van der Waals surface area contributed by atoms with Gasteiger partial charge in [-0.1, -0.05) is 13.0 Å². The first-order valence-corrected chi connectivity index (χ1v) is 7.55. The summed E-state index contributed by atoms with van der Waals surface area (Å²) in [6.45, 7) is 4.43. The van der Waals surface area contributed by atoms with E-state index in [9.17, 15) is 21.6 Å². The number of rotatable bonds is 6. The number of hydrogen-bond acceptors (Lipinski definition) is 3. The van der Waals surface area contributed by atoms with Crippen LogP contribution < -0.4 is 10.0 Å². The zero-order chi connectivity index (χ0) is 15.4. The third kappa shape index (κ3) is 4.77. The minimum absolute atomic E-state index is 0.104. The van der Waals surface area contributed by atoms with Crippen molar-refractivity contribution in [2.75, 3.05) is 13.1 Å². The van der Waals surface area contributed by atoms with Crippen LogP contribution in [0.1, 0.15) is 19.4 Å². The Bertz CT molecular complexity index is 544. The van der Waals surface area contributed by atoms with Gasteiger partial charge < -0.3 is 5.32 Å². The van der Waals surface area contributed by atoms with Gasteiger partial charge in [-0.25, -0.2) is 13.1 Å². The Morgan fingerprint density at radius 2 is 1.95 bits per heavy atom. The van der Waals surface area contributed by atoms with E-state index in [1.807, 2.05) is 6.92 Å². The van der Waals surface area contributed by atoms with Crippen molar-refractivity contribution >= 4 is 10.0 Å². The van der Waals surface area contributed by atoms with Crippen molar-refractivity contribution in [2.24, 2.45) is 0 Å². The second-order valence-corrected chi connectivity index (χ2v) is 6.10. The molecule has 1 aromatic rings. The molecular weight excluding hydrogens is 293 g/mol. The van der Waals surface area contributed by atoms with Gasteiger partial charge in [0.15, 0.2) is 0 Å². The predicted octanol–water partition coefficient (Wildman–Crippen LogP) is 1.98. The first-order valence-electron chi connectivity index (χ1n) is 6.07. The number of nitrogens with one attached hydrogen (secondary N) is 2. The standard InChI is InChI=1S/C12H17F3N2O2S/c1-3-16-9(2)8-17-20(18,19)11-6-4-5-10(7-11)12(13,14)15/h4-7,9,16-17H,3,8H2,1-2H3/t9-/m1/s1. The van der Waals surface area contributed by atoms with Crippen LogP contribution in [-0.2, 0) is 16.2 Å². The molecule has 1 aromatic carbocycles. The van der Waals surface area contributed by atoms with E-state index in [4.69, 9.17) is 0 Å². The summed E-state index contributed by atoms with van der Waals surface area (Å²) >= 11 is 0. The molecule has 20 heavy (non-hydrogen) atoms. The highest BCUT2D eigenvalue weighted by atomic mass is 32.2. The average Bonchev–Trinajstić information content (AvgIpc) is 2.36. The van der Waals surface area contributed by atoms with Gasteiger partial charge in [-0.15, -0.1) is 0 Å². The fourth-order valence-corrected chi connectivity index (χ4v) is 2.75. The van der Waals surface area contributed by atoms with Crippen LogP contribution >= 0.6 is 0 Å². The minimum Gasteiger partial charge on any atom is -0.313 e. The lowest BCUT2D eigenvalue weighted by Crippen LogP contribution is -2.38. The first-order chi connectivity index (χ1) is 9.16. The van der Waals surface area contributed by atoms with Crippen LogP contribution in [0.2, 0.25) is 0 Å². The highest BCUT2D eigenvalue weighted by Crippen LogP contribution is 2.30. The highest BCUT2D eigenvalue weighted by molar-refractivity contribution is 7.89. The van der Waals surface area contributed by atoms with Crippen LogP contribution in [0, 0.1) is 0 Å². The molecule has 0 aromatic heterocycles. The van der Waals surface area contributed by atoms with E-state index < -0.39 is 26.7 Å². The van der Waals surface area contributed by atoms with Gasteiger partial charge in [-0.3, -0.25) is 0 Å². The van der Waals surface area contributed by atoms with Gasteiger partial charge in [-0.2, -0.15) is 13.2 Å². The molecule has 0 aliphatic heterocycles. The molecular formula is C12H17F3N2O2S. The van der Waals surface area contributed by atoms with Crippen LogP contribution in [-0.4, -0.2) is 27.5 Å². The molecule has 0 aliphatic carbocycles. The second-order valence-electron chi connectivity index (χ2n) is 4.34. The van der Waals surface area contributed by atoms with Crippen LogP contribution in [0.15, 0.2) is 29.2 Å². The van der Waals surface area contributed by atoms with Crippen molar-refractivity contribution in [2.45, 2.75) is 31.0 Å². The molecule has 0 amide bonds. The Kier molecular flexibility index (Phi) is 5.55. The molecule has 8 heteroatoms. The average molecular weight is 310 g/mol. The number of alkyl halides is 3. The molecule has 1 atom stereocenters. The molecule has 0 radical (unpaired) electrons. The summed E-state index contributed by atoms with van der Waals surface area (Å²) in [4.78, 5) is -0.393. The third-order valence-corrected chi connectivity index (χ3v) is 4.03. The zero-order valence-electron chi connectivity index (χ0n) is 11.2. The molecule has 0 unspecified atom stereocenters. The van der Waals surface area contributed by atoms with Gasteiger partial charge in [0, 0.05) is 12.6 Å². The quantitative estimate of drug-likeness (QED) is 0.845. The van der Waals surface area contributed by atoms with E-state index in [-0.39, 0.29) is 12.6 Å².